The van der Waals surface area contributed by atoms with E-state index in [0.29, 0.717) is 33.7 Å². The summed E-state index contributed by atoms with van der Waals surface area (Å²) in [6, 6.07) is 4.52. The molecule has 0 spiro atoms. The van der Waals surface area contributed by atoms with Gasteiger partial charge in [0, 0.05) is 29.8 Å². The van der Waals surface area contributed by atoms with Gasteiger partial charge in [-0.15, -0.1) is 11.3 Å². The fraction of sp³-hybridized carbons (Fsp3) is 0.500. The molecule has 2 aromatic heterocycles. The van der Waals surface area contributed by atoms with Crippen molar-refractivity contribution in [2.45, 2.75) is 59.1 Å². The van der Waals surface area contributed by atoms with Crippen LogP contribution in [0.5, 0.6) is 11.8 Å². The SMILES string of the molecule is COc1ncc(-c2csc(Cc3ccc(OCCC(C)CCCC(C)C)c(C(F)(F)F)c3)n2)cn1. The number of halogens is 3. The molecule has 2 heterocycles. The zero-order chi connectivity index (χ0) is 25.4. The number of alkyl halides is 3. The van der Waals surface area contributed by atoms with Gasteiger partial charge in [-0.05, 0) is 36.0 Å². The van der Waals surface area contributed by atoms with Gasteiger partial charge >= 0.3 is 12.2 Å². The highest BCUT2D eigenvalue weighted by Gasteiger charge is 2.34. The Bertz CT molecular complexity index is 1070. The number of rotatable bonds is 12. The van der Waals surface area contributed by atoms with Gasteiger partial charge in [0.15, 0.2) is 0 Å². The van der Waals surface area contributed by atoms with E-state index in [1.54, 1.807) is 18.5 Å². The van der Waals surface area contributed by atoms with Crippen LogP contribution in [0.2, 0.25) is 0 Å². The zero-order valence-electron chi connectivity index (χ0n) is 20.6. The summed E-state index contributed by atoms with van der Waals surface area (Å²) in [7, 11) is 1.48. The van der Waals surface area contributed by atoms with E-state index >= 15 is 0 Å². The molecule has 190 valence electrons. The molecule has 0 radical (unpaired) electrons. The van der Waals surface area contributed by atoms with Crippen molar-refractivity contribution in [2.75, 3.05) is 13.7 Å². The number of thiazole rings is 1. The molecule has 0 amide bonds. The number of hydrogen-bond acceptors (Lipinski definition) is 6. The van der Waals surface area contributed by atoms with Crippen molar-refractivity contribution in [1.29, 1.82) is 0 Å². The summed E-state index contributed by atoms with van der Waals surface area (Å²) >= 11 is 1.38. The topological polar surface area (TPSA) is 57.1 Å². The van der Waals surface area contributed by atoms with Gasteiger partial charge in [0.2, 0.25) is 0 Å². The van der Waals surface area contributed by atoms with Gasteiger partial charge in [-0.3, -0.25) is 0 Å². The molecular weight excluding hydrogens is 475 g/mol. The van der Waals surface area contributed by atoms with Crippen molar-refractivity contribution in [1.82, 2.24) is 15.0 Å². The van der Waals surface area contributed by atoms with Crippen LogP contribution in [0.15, 0.2) is 36.0 Å². The van der Waals surface area contributed by atoms with Crippen LogP contribution in [0.3, 0.4) is 0 Å². The van der Waals surface area contributed by atoms with Crippen LogP contribution in [-0.2, 0) is 12.6 Å². The average Bonchev–Trinajstić information content (AvgIpc) is 3.27. The molecular formula is C26H32F3N3O2S. The molecule has 1 aromatic carbocycles. The summed E-state index contributed by atoms with van der Waals surface area (Å²) < 4.78 is 51.8. The van der Waals surface area contributed by atoms with Crippen LogP contribution >= 0.6 is 11.3 Å². The molecule has 35 heavy (non-hydrogen) atoms. The lowest BCUT2D eigenvalue weighted by atomic mass is 9.98. The molecule has 5 nitrogen and oxygen atoms in total. The molecule has 0 aliphatic rings. The van der Waals surface area contributed by atoms with Crippen LogP contribution in [0.25, 0.3) is 11.3 Å². The average molecular weight is 508 g/mol. The highest BCUT2D eigenvalue weighted by Crippen LogP contribution is 2.37. The maximum Gasteiger partial charge on any atom is 0.419 e. The molecule has 0 saturated heterocycles. The Morgan fingerprint density at radius 1 is 1.03 bits per heavy atom. The first kappa shape index (κ1) is 26.9. The molecule has 0 fully saturated rings. The second kappa shape index (κ2) is 12.3. The third-order valence-electron chi connectivity index (χ3n) is 5.71. The summed E-state index contributed by atoms with van der Waals surface area (Å²) in [4.78, 5) is 12.7. The van der Waals surface area contributed by atoms with Crippen LogP contribution < -0.4 is 9.47 Å². The Kier molecular flexibility index (Phi) is 9.48. The first-order chi connectivity index (χ1) is 16.7. The number of benzene rings is 1. The van der Waals surface area contributed by atoms with Crippen molar-refractivity contribution in [3.8, 4) is 23.0 Å². The molecule has 0 aliphatic heterocycles. The van der Waals surface area contributed by atoms with E-state index in [2.05, 4.69) is 35.7 Å². The van der Waals surface area contributed by atoms with E-state index in [1.807, 2.05) is 5.38 Å². The van der Waals surface area contributed by atoms with Crippen LogP contribution in [-0.4, -0.2) is 28.7 Å². The number of methoxy groups -OCH3 is 1. The maximum absolute atomic E-state index is 13.8. The zero-order valence-corrected chi connectivity index (χ0v) is 21.4. The molecule has 0 N–H and O–H groups in total. The molecule has 9 heteroatoms. The van der Waals surface area contributed by atoms with E-state index in [1.165, 1.54) is 37.0 Å². The second-order valence-electron chi connectivity index (χ2n) is 9.16. The third kappa shape index (κ3) is 8.19. The predicted octanol–water partition coefficient (Wildman–Crippen LogP) is 7.45. The first-order valence-corrected chi connectivity index (χ1v) is 12.7. The van der Waals surface area contributed by atoms with Crippen LogP contribution in [0.1, 0.15) is 62.6 Å². The molecule has 1 atom stereocenters. The van der Waals surface area contributed by atoms with Crippen molar-refractivity contribution >= 4 is 11.3 Å². The monoisotopic (exact) mass is 507 g/mol. The van der Waals surface area contributed by atoms with E-state index in [4.69, 9.17) is 9.47 Å². The lowest BCUT2D eigenvalue weighted by Gasteiger charge is -2.17. The number of nitrogens with zero attached hydrogens (tertiary/aromatic N) is 3. The summed E-state index contributed by atoms with van der Waals surface area (Å²) in [5.41, 5.74) is 1.17. The third-order valence-corrected chi connectivity index (χ3v) is 6.56. The lowest BCUT2D eigenvalue weighted by molar-refractivity contribution is -0.139. The van der Waals surface area contributed by atoms with Crippen molar-refractivity contribution in [2.24, 2.45) is 11.8 Å². The van der Waals surface area contributed by atoms with Gasteiger partial charge < -0.3 is 9.47 Å². The normalized spacial score (nSPS) is 12.7. The largest absolute Gasteiger partial charge is 0.493 e. The van der Waals surface area contributed by atoms with Gasteiger partial charge in [-0.2, -0.15) is 13.2 Å². The maximum atomic E-state index is 13.8. The summed E-state index contributed by atoms with van der Waals surface area (Å²) in [5, 5.41) is 2.54. The van der Waals surface area contributed by atoms with E-state index in [9.17, 15) is 13.2 Å². The Hall–Kier alpha value is -2.68. The Morgan fingerprint density at radius 2 is 1.77 bits per heavy atom. The summed E-state index contributed by atoms with van der Waals surface area (Å²) in [6.45, 7) is 6.78. The Labute approximate surface area is 208 Å². The number of hydrogen-bond donors (Lipinski definition) is 0. The van der Waals surface area contributed by atoms with Crippen molar-refractivity contribution < 1.29 is 22.6 Å². The Morgan fingerprint density at radius 3 is 2.43 bits per heavy atom. The molecule has 3 aromatic rings. The minimum atomic E-state index is -4.50. The van der Waals surface area contributed by atoms with Gasteiger partial charge in [0.25, 0.3) is 0 Å². The number of ether oxygens (including phenoxy) is 2. The van der Waals surface area contributed by atoms with Gasteiger partial charge in [0.1, 0.15) is 5.75 Å². The van der Waals surface area contributed by atoms with Crippen LogP contribution in [0.4, 0.5) is 13.2 Å². The van der Waals surface area contributed by atoms with Crippen molar-refractivity contribution in [3.05, 3.63) is 52.1 Å². The quantitative estimate of drug-likeness (QED) is 0.255. The molecule has 3 rings (SSSR count). The molecule has 1 unspecified atom stereocenters. The van der Waals surface area contributed by atoms with Crippen LogP contribution in [0, 0.1) is 11.8 Å². The summed E-state index contributed by atoms with van der Waals surface area (Å²) in [6.07, 6.45) is 3.08. The predicted molar refractivity (Wildman–Crippen MR) is 132 cm³/mol. The highest BCUT2D eigenvalue weighted by molar-refractivity contribution is 7.10. The molecule has 0 saturated carbocycles. The van der Waals surface area contributed by atoms with E-state index in [0.717, 1.165) is 19.3 Å². The first-order valence-electron chi connectivity index (χ1n) is 11.8. The number of aromatic nitrogens is 3. The highest BCUT2D eigenvalue weighted by atomic mass is 32.1. The fourth-order valence-electron chi connectivity index (χ4n) is 3.68. The lowest BCUT2D eigenvalue weighted by Crippen LogP contribution is -2.11. The molecule has 0 bridgehead atoms. The summed E-state index contributed by atoms with van der Waals surface area (Å²) in [5.74, 6) is 0.960. The van der Waals surface area contributed by atoms with Gasteiger partial charge in [-0.25, -0.2) is 15.0 Å². The Balaban J connectivity index is 1.64. The minimum absolute atomic E-state index is 0.120. The smallest absolute Gasteiger partial charge is 0.419 e. The standard InChI is InChI=1S/C26H32F3N3O2S/c1-17(2)6-5-7-18(3)10-11-34-23-9-8-19(12-21(23)26(27,28)29)13-24-32-22(16-35-24)20-14-30-25(33-4)31-15-20/h8-9,12,14-18H,5-7,10-11,13H2,1-4H3. The fourth-order valence-corrected chi connectivity index (χ4v) is 4.51. The van der Waals surface area contributed by atoms with Gasteiger partial charge in [0.05, 0.1) is 30.0 Å². The van der Waals surface area contributed by atoms with E-state index in [-0.39, 0.29) is 24.8 Å². The molecule has 0 aliphatic carbocycles. The van der Waals surface area contributed by atoms with Gasteiger partial charge in [-0.1, -0.05) is 46.1 Å². The minimum Gasteiger partial charge on any atom is -0.493 e. The van der Waals surface area contributed by atoms with Crippen molar-refractivity contribution in [3.63, 3.8) is 0 Å². The second-order valence-corrected chi connectivity index (χ2v) is 10.1. The van der Waals surface area contributed by atoms with E-state index < -0.39 is 11.7 Å².